The molecule has 4 aliphatic rings. The smallest absolute Gasteiger partial charge is 0.407 e. The summed E-state index contributed by atoms with van der Waals surface area (Å²) >= 11 is 0. The molecule has 9 rings (SSSR count). The Labute approximate surface area is 366 Å². The molecule has 0 aliphatic carbocycles. The Kier molecular flexibility index (Phi) is 11.5. The van der Waals surface area contributed by atoms with Gasteiger partial charge in [-0.05, 0) is 101 Å². The van der Waals surface area contributed by atoms with E-state index in [0.717, 1.165) is 94.7 Å². The third kappa shape index (κ3) is 7.80. The van der Waals surface area contributed by atoms with Crippen LogP contribution in [0.3, 0.4) is 0 Å². The number of nitrogens with one attached hydrogen (secondary N) is 4. The summed E-state index contributed by atoms with van der Waals surface area (Å²) in [5.74, 6) is 0.974. The molecule has 15 nitrogen and oxygen atoms in total. The number of benzene rings is 3. The SMILES string of the molecule is COC(=O)N[C@H](C(=O)N1CCC[C@H]1c1ncc(-c2ccc(-c3ccc(-c4ccc5nc([C@@H]6CCCN6C(=O)[C@@H](NC(=O)OC)C(C)C)[nH]c5c4)c4c3C3CCC4O3)cc2)[nH]1)C(C)C. The predicted octanol–water partition coefficient (Wildman–Crippen LogP) is 8.28. The van der Waals surface area contributed by atoms with Gasteiger partial charge in [0.25, 0.3) is 0 Å². The Balaban J connectivity index is 0.949. The van der Waals surface area contributed by atoms with Crippen molar-refractivity contribution in [2.24, 2.45) is 11.8 Å². The van der Waals surface area contributed by atoms with E-state index < -0.39 is 24.3 Å². The normalized spacial score (nSPS) is 21.3. The molecule has 2 unspecified atom stereocenters. The number of rotatable bonds is 11. The molecule has 4 amide bonds. The summed E-state index contributed by atoms with van der Waals surface area (Å²) in [5, 5.41) is 5.44. The molecule has 0 radical (unpaired) electrons. The fourth-order valence-electron chi connectivity index (χ4n) is 10.1. The number of alkyl carbamates (subject to hydrolysis) is 2. The van der Waals surface area contributed by atoms with Crippen molar-refractivity contribution in [2.75, 3.05) is 27.3 Å². The Bertz CT molecular complexity index is 2550. The van der Waals surface area contributed by atoms with E-state index in [9.17, 15) is 19.2 Å². The lowest BCUT2D eigenvalue weighted by atomic mass is 9.81. The minimum atomic E-state index is -0.698. The maximum atomic E-state index is 13.8. The highest BCUT2D eigenvalue weighted by Gasteiger charge is 2.42. The summed E-state index contributed by atoms with van der Waals surface area (Å²) in [7, 11) is 2.59. The number of amides is 4. The van der Waals surface area contributed by atoms with Gasteiger partial charge in [0.05, 0.1) is 61.4 Å². The largest absolute Gasteiger partial charge is 0.453 e. The number of carbonyl (C=O) groups excluding carboxylic acids is 4. The number of nitrogens with zero attached hydrogens (tertiary/aromatic N) is 4. The minimum Gasteiger partial charge on any atom is -0.453 e. The number of imidazole rings is 2. The first-order valence-electron chi connectivity index (χ1n) is 22.2. The van der Waals surface area contributed by atoms with E-state index in [1.165, 1.54) is 25.3 Å². The molecule has 2 bridgehead atoms. The fraction of sp³-hybridized carbons (Fsp3) is 0.458. The summed E-state index contributed by atoms with van der Waals surface area (Å²) in [4.78, 5) is 72.0. The van der Waals surface area contributed by atoms with Crippen LogP contribution in [0.4, 0.5) is 9.59 Å². The Morgan fingerprint density at radius 1 is 0.683 bits per heavy atom. The van der Waals surface area contributed by atoms with Gasteiger partial charge in [0, 0.05) is 13.1 Å². The highest BCUT2D eigenvalue weighted by Crippen LogP contribution is 2.56. The molecular weight excluding hydrogens is 801 g/mol. The van der Waals surface area contributed by atoms with Gasteiger partial charge in [-0.2, -0.15) is 0 Å². The van der Waals surface area contributed by atoms with Crippen LogP contribution in [-0.2, 0) is 23.8 Å². The zero-order chi connectivity index (χ0) is 44.1. The standard InChI is InChI=1S/C48H56N8O7/c1-25(2)41(53-47(59)61-5)45(57)55-21-7-9-35(55)43-49-24-34(52-43)28-13-11-27(12-14-28)30-16-17-31(40-38-20-19-37(63-38)39(30)40)29-15-18-32-33(23-29)51-44(50-32)36-10-8-22-56(36)46(58)42(26(3)4)54-48(60)62-6/h11-18,23-26,35-38,41-42H,7-10,19-22H2,1-6H3,(H,49,52)(H,50,51)(H,53,59)(H,54,60)/t35-,36-,37?,38?,41-,42-/m0/s1. The Morgan fingerprint density at radius 3 is 1.76 bits per heavy atom. The molecule has 4 aliphatic heterocycles. The number of likely N-dealkylation sites (tertiary alicyclic amines) is 2. The lowest BCUT2D eigenvalue weighted by Gasteiger charge is -2.30. The van der Waals surface area contributed by atoms with Gasteiger partial charge in [-0.15, -0.1) is 0 Å². The number of fused-ring (bicyclic) bond motifs is 6. The van der Waals surface area contributed by atoms with E-state index in [-0.39, 0.29) is 47.9 Å². The average Bonchev–Trinajstić information content (AvgIpc) is 4.16. The van der Waals surface area contributed by atoms with Crippen LogP contribution in [0.1, 0.15) is 113 Å². The van der Waals surface area contributed by atoms with Crippen molar-refractivity contribution in [3.05, 3.63) is 83.6 Å². The number of hydrogen-bond donors (Lipinski definition) is 4. The first kappa shape index (κ1) is 42.1. The number of aromatic amines is 2. The molecule has 3 fully saturated rings. The van der Waals surface area contributed by atoms with Crippen molar-refractivity contribution in [3.63, 3.8) is 0 Å². The molecule has 3 aromatic carbocycles. The second-order valence-corrected chi connectivity index (χ2v) is 17.9. The van der Waals surface area contributed by atoms with E-state index >= 15 is 0 Å². The third-order valence-corrected chi connectivity index (χ3v) is 13.4. The molecule has 0 saturated carbocycles. The topological polar surface area (TPSA) is 184 Å². The lowest BCUT2D eigenvalue weighted by Crippen LogP contribution is -2.51. The average molecular weight is 857 g/mol. The first-order valence-corrected chi connectivity index (χ1v) is 22.2. The van der Waals surface area contributed by atoms with Gasteiger partial charge in [-0.1, -0.05) is 70.2 Å². The zero-order valence-electron chi connectivity index (χ0n) is 36.7. The molecule has 2 aromatic heterocycles. The molecule has 6 atom stereocenters. The van der Waals surface area contributed by atoms with Crippen LogP contribution in [0, 0.1) is 11.8 Å². The predicted molar refractivity (Wildman–Crippen MR) is 236 cm³/mol. The van der Waals surface area contributed by atoms with Crippen molar-refractivity contribution < 1.29 is 33.4 Å². The van der Waals surface area contributed by atoms with Gasteiger partial charge in [0.1, 0.15) is 23.7 Å². The van der Waals surface area contributed by atoms with Crippen LogP contribution in [0.5, 0.6) is 0 Å². The van der Waals surface area contributed by atoms with Crippen LogP contribution < -0.4 is 10.6 Å². The molecule has 0 spiro atoms. The second kappa shape index (κ2) is 17.2. The van der Waals surface area contributed by atoms with Crippen molar-refractivity contribution in [2.45, 2.75) is 103 Å². The van der Waals surface area contributed by atoms with Crippen molar-refractivity contribution in [3.8, 4) is 33.5 Å². The molecule has 330 valence electrons. The van der Waals surface area contributed by atoms with Crippen molar-refractivity contribution >= 4 is 35.0 Å². The Hall–Kier alpha value is -6.22. The Morgan fingerprint density at radius 2 is 1.21 bits per heavy atom. The fourth-order valence-corrected chi connectivity index (χ4v) is 10.1. The van der Waals surface area contributed by atoms with Gasteiger partial charge in [-0.3, -0.25) is 9.59 Å². The summed E-state index contributed by atoms with van der Waals surface area (Å²) in [6.07, 6.45) is 5.84. The number of ether oxygens (including phenoxy) is 3. The summed E-state index contributed by atoms with van der Waals surface area (Å²) < 4.78 is 16.2. The van der Waals surface area contributed by atoms with E-state index in [0.29, 0.717) is 13.1 Å². The monoisotopic (exact) mass is 856 g/mol. The number of H-pyrrole nitrogens is 2. The molecule has 63 heavy (non-hydrogen) atoms. The first-order chi connectivity index (χ1) is 30.4. The van der Waals surface area contributed by atoms with Crippen LogP contribution in [0.2, 0.25) is 0 Å². The van der Waals surface area contributed by atoms with E-state index in [2.05, 4.69) is 69.1 Å². The van der Waals surface area contributed by atoms with Crippen LogP contribution in [0.25, 0.3) is 44.5 Å². The molecule has 5 aromatic rings. The van der Waals surface area contributed by atoms with Crippen LogP contribution in [0.15, 0.2) is 60.8 Å². The van der Waals surface area contributed by atoms with Gasteiger partial charge in [0.2, 0.25) is 11.8 Å². The van der Waals surface area contributed by atoms with Crippen LogP contribution in [-0.4, -0.2) is 93.1 Å². The zero-order valence-corrected chi connectivity index (χ0v) is 36.7. The molecule has 3 saturated heterocycles. The molecule has 6 heterocycles. The quantitative estimate of drug-likeness (QED) is 0.102. The van der Waals surface area contributed by atoms with Gasteiger partial charge in [0.15, 0.2) is 0 Å². The number of carbonyl (C=O) groups is 4. The second-order valence-electron chi connectivity index (χ2n) is 17.9. The maximum Gasteiger partial charge on any atom is 0.407 e. The van der Waals surface area contributed by atoms with E-state index in [4.69, 9.17) is 24.2 Å². The van der Waals surface area contributed by atoms with Crippen LogP contribution >= 0.6 is 0 Å². The number of methoxy groups -OCH3 is 2. The third-order valence-electron chi connectivity index (χ3n) is 13.4. The number of hydrogen-bond acceptors (Lipinski definition) is 9. The summed E-state index contributed by atoms with van der Waals surface area (Å²) in [5.41, 5.74) is 10.6. The minimum absolute atomic E-state index is 0.0234. The summed E-state index contributed by atoms with van der Waals surface area (Å²) in [6, 6.07) is 17.4. The van der Waals surface area contributed by atoms with E-state index in [1.807, 2.05) is 49.8 Å². The van der Waals surface area contributed by atoms with E-state index in [1.54, 1.807) is 0 Å². The van der Waals surface area contributed by atoms with Gasteiger partial charge < -0.3 is 44.6 Å². The van der Waals surface area contributed by atoms with Gasteiger partial charge in [-0.25, -0.2) is 19.6 Å². The van der Waals surface area contributed by atoms with Crippen molar-refractivity contribution in [1.82, 2.24) is 40.4 Å². The van der Waals surface area contributed by atoms with Gasteiger partial charge >= 0.3 is 12.2 Å². The molecular formula is C48H56N8O7. The highest BCUT2D eigenvalue weighted by atomic mass is 16.5. The van der Waals surface area contributed by atoms with Crippen molar-refractivity contribution in [1.29, 1.82) is 0 Å². The molecule has 4 N–H and O–H groups in total. The maximum absolute atomic E-state index is 13.8. The molecule has 15 heteroatoms. The lowest BCUT2D eigenvalue weighted by molar-refractivity contribution is -0.136. The highest BCUT2D eigenvalue weighted by molar-refractivity contribution is 5.89. The number of aromatic nitrogens is 4. The summed E-state index contributed by atoms with van der Waals surface area (Å²) in [6.45, 7) is 8.83.